The van der Waals surface area contributed by atoms with Crippen LogP contribution in [0.2, 0.25) is 0 Å². The van der Waals surface area contributed by atoms with Crippen molar-refractivity contribution in [1.82, 2.24) is 20.6 Å². The van der Waals surface area contributed by atoms with Crippen molar-refractivity contribution in [2.45, 2.75) is 45.6 Å². The number of rotatable bonds is 8. The third-order valence-corrected chi connectivity index (χ3v) is 5.02. The number of hydrogen-bond donors (Lipinski definition) is 3. The molecule has 3 aromatic rings. The van der Waals surface area contributed by atoms with Gasteiger partial charge in [-0.2, -0.15) is 0 Å². The van der Waals surface area contributed by atoms with Crippen LogP contribution in [-0.2, 0) is 18.4 Å². The number of nitrogens with zero attached hydrogens (tertiary/aromatic N) is 2. The summed E-state index contributed by atoms with van der Waals surface area (Å²) in [5.74, 6) is 3.82. The van der Waals surface area contributed by atoms with Crippen molar-refractivity contribution >= 4 is 40.8 Å². The van der Waals surface area contributed by atoms with E-state index in [1.54, 1.807) is 27.5 Å². The fourth-order valence-electron chi connectivity index (χ4n) is 3.26. The first-order chi connectivity index (χ1) is 14.8. The van der Waals surface area contributed by atoms with Gasteiger partial charge in [-0.25, -0.2) is 4.98 Å². The third-order valence-electron chi connectivity index (χ3n) is 5.02. The lowest BCUT2D eigenvalue weighted by molar-refractivity contribution is 0.379. The Morgan fingerprint density at radius 1 is 1.16 bits per heavy atom. The molecule has 2 heterocycles. The van der Waals surface area contributed by atoms with Crippen LogP contribution in [0.25, 0.3) is 10.9 Å². The highest BCUT2D eigenvalue weighted by molar-refractivity contribution is 14.0. The van der Waals surface area contributed by atoms with E-state index in [-0.39, 0.29) is 29.4 Å². The highest BCUT2D eigenvalue weighted by Gasteiger charge is 2.19. The Morgan fingerprint density at radius 2 is 1.94 bits per heavy atom. The number of H-pyrrole nitrogens is 1. The Hall–Kier alpha value is -2.43. The van der Waals surface area contributed by atoms with Gasteiger partial charge in [-0.15, -0.1) is 24.0 Å². The van der Waals surface area contributed by atoms with Gasteiger partial charge in [-0.3, -0.25) is 4.99 Å². The summed E-state index contributed by atoms with van der Waals surface area (Å²) in [5.41, 5.74) is 2.11. The van der Waals surface area contributed by atoms with Crippen LogP contribution in [0.4, 0.5) is 0 Å². The first kappa shape index (κ1) is 25.8. The van der Waals surface area contributed by atoms with E-state index in [1.807, 2.05) is 12.1 Å². The van der Waals surface area contributed by atoms with Crippen LogP contribution in [-0.4, -0.2) is 43.7 Å². The number of nitrogens with one attached hydrogen (secondary N) is 3. The van der Waals surface area contributed by atoms with Crippen LogP contribution in [0, 0.1) is 0 Å². The van der Waals surface area contributed by atoms with Gasteiger partial charge in [0, 0.05) is 42.2 Å². The molecule has 9 heteroatoms. The number of methoxy groups -OCH3 is 2. The molecule has 0 unspecified atom stereocenters. The fourth-order valence-corrected chi connectivity index (χ4v) is 3.26. The molecule has 32 heavy (non-hydrogen) atoms. The number of aliphatic imine (C=N–C) groups is 1. The van der Waals surface area contributed by atoms with Crippen molar-refractivity contribution in [3.8, 4) is 11.5 Å². The standard InChI is InChI=1S/C23H33N5O3.HI/c1-23(2,3)20-13-26-21(31-20)14-27-22(24-4)25-9-7-8-15-10-17-18(28-15)11-16(29-5)12-19(17)30-6;/h10-13,28H,7-9,14H2,1-6H3,(H2,24,25,27);1H. The van der Waals surface area contributed by atoms with Crippen molar-refractivity contribution in [3.05, 3.63) is 41.7 Å². The maximum absolute atomic E-state index is 5.81. The lowest BCUT2D eigenvalue weighted by atomic mass is 9.94. The summed E-state index contributed by atoms with van der Waals surface area (Å²) < 4.78 is 16.6. The second-order valence-electron chi connectivity index (χ2n) is 8.41. The molecule has 2 aromatic heterocycles. The number of halogens is 1. The molecule has 0 atom stereocenters. The Bertz CT molecular complexity index is 1040. The number of ether oxygens (including phenoxy) is 2. The zero-order chi connectivity index (χ0) is 22.4. The molecular formula is C23H34IN5O3. The van der Waals surface area contributed by atoms with Gasteiger partial charge in [-0.1, -0.05) is 20.8 Å². The fraction of sp³-hybridized carbons (Fsp3) is 0.478. The molecular weight excluding hydrogens is 521 g/mol. The molecule has 0 aliphatic rings. The summed E-state index contributed by atoms with van der Waals surface area (Å²) in [5, 5.41) is 7.63. The van der Waals surface area contributed by atoms with E-state index >= 15 is 0 Å². The SMILES string of the molecule is CN=C(NCCCc1cc2c(OC)cc(OC)cc2[nH]1)NCc1ncc(C(C)(C)C)o1.I. The van der Waals surface area contributed by atoms with E-state index in [0.29, 0.717) is 12.4 Å². The summed E-state index contributed by atoms with van der Waals surface area (Å²) in [6.45, 7) is 7.58. The topological polar surface area (TPSA) is 96.7 Å². The molecule has 0 saturated heterocycles. The number of hydrogen-bond acceptors (Lipinski definition) is 5. The maximum Gasteiger partial charge on any atom is 0.213 e. The zero-order valence-corrected chi connectivity index (χ0v) is 22.0. The van der Waals surface area contributed by atoms with Crippen LogP contribution in [0.1, 0.15) is 44.5 Å². The van der Waals surface area contributed by atoms with Crippen molar-refractivity contribution in [3.63, 3.8) is 0 Å². The summed E-state index contributed by atoms with van der Waals surface area (Å²) >= 11 is 0. The van der Waals surface area contributed by atoms with Crippen molar-refractivity contribution in [2.24, 2.45) is 4.99 Å². The summed E-state index contributed by atoms with van der Waals surface area (Å²) in [6.07, 6.45) is 3.64. The molecule has 3 N–H and O–H groups in total. The summed E-state index contributed by atoms with van der Waals surface area (Å²) in [6, 6.07) is 6.02. The van der Waals surface area contributed by atoms with Gasteiger partial charge in [0.2, 0.25) is 5.89 Å². The molecule has 0 spiro atoms. The number of oxazole rings is 1. The lowest BCUT2D eigenvalue weighted by Crippen LogP contribution is -2.37. The molecule has 176 valence electrons. The Kier molecular flexibility index (Phi) is 9.23. The average Bonchev–Trinajstić information content (AvgIpc) is 3.39. The predicted molar refractivity (Wildman–Crippen MR) is 139 cm³/mol. The number of fused-ring (bicyclic) bond motifs is 1. The van der Waals surface area contributed by atoms with E-state index in [0.717, 1.165) is 59.2 Å². The predicted octanol–water partition coefficient (Wildman–Crippen LogP) is 4.39. The minimum Gasteiger partial charge on any atom is -0.497 e. The third kappa shape index (κ3) is 6.54. The van der Waals surface area contributed by atoms with Gasteiger partial charge < -0.3 is 29.5 Å². The number of benzene rings is 1. The Balaban J connectivity index is 0.00000363. The normalized spacial score (nSPS) is 11.9. The largest absolute Gasteiger partial charge is 0.497 e. The van der Waals surface area contributed by atoms with Gasteiger partial charge >= 0.3 is 0 Å². The Morgan fingerprint density at radius 3 is 2.56 bits per heavy atom. The number of aromatic amines is 1. The molecule has 3 rings (SSSR count). The van der Waals surface area contributed by atoms with Gasteiger partial charge in [0.15, 0.2) is 5.96 Å². The molecule has 0 aliphatic carbocycles. The van der Waals surface area contributed by atoms with E-state index in [9.17, 15) is 0 Å². The second-order valence-corrected chi connectivity index (χ2v) is 8.41. The number of aryl methyl sites for hydroxylation is 1. The molecule has 0 fully saturated rings. The second kappa shape index (κ2) is 11.4. The Labute approximate surface area is 206 Å². The van der Waals surface area contributed by atoms with Gasteiger partial charge in [0.1, 0.15) is 17.3 Å². The average molecular weight is 555 g/mol. The summed E-state index contributed by atoms with van der Waals surface area (Å²) in [4.78, 5) is 12.1. The van der Waals surface area contributed by atoms with Gasteiger partial charge in [0.05, 0.1) is 32.5 Å². The van der Waals surface area contributed by atoms with Crippen molar-refractivity contribution in [2.75, 3.05) is 27.8 Å². The molecule has 0 saturated carbocycles. The minimum absolute atomic E-state index is 0. The van der Waals surface area contributed by atoms with Crippen molar-refractivity contribution < 1.29 is 13.9 Å². The number of guanidine groups is 1. The van der Waals surface area contributed by atoms with E-state index in [1.165, 1.54) is 0 Å². The van der Waals surface area contributed by atoms with E-state index < -0.39 is 0 Å². The van der Waals surface area contributed by atoms with Crippen LogP contribution in [0.15, 0.2) is 33.8 Å². The molecule has 0 aliphatic heterocycles. The maximum atomic E-state index is 5.81. The highest BCUT2D eigenvalue weighted by atomic mass is 127. The van der Waals surface area contributed by atoms with Crippen LogP contribution >= 0.6 is 24.0 Å². The van der Waals surface area contributed by atoms with Crippen molar-refractivity contribution in [1.29, 1.82) is 0 Å². The number of aromatic nitrogens is 2. The van der Waals surface area contributed by atoms with Gasteiger partial charge in [0.25, 0.3) is 0 Å². The smallest absolute Gasteiger partial charge is 0.213 e. The molecule has 1 aromatic carbocycles. The first-order valence-electron chi connectivity index (χ1n) is 10.5. The quantitative estimate of drug-likeness (QED) is 0.165. The monoisotopic (exact) mass is 555 g/mol. The van der Waals surface area contributed by atoms with Crippen LogP contribution in [0.5, 0.6) is 11.5 Å². The zero-order valence-electron chi connectivity index (χ0n) is 19.7. The van der Waals surface area contributed by atoms with Crippen LogP contribution < -0.4 is 20.1 Å². The lowest BCUT2D eigenvalue weighted by Gasteiger charge is -2.13. The first-order valence-corrected chi connectivity index (χ1v) is 10.5. The molecule has 0 radical (unpaired) electrons. The van der Waals surface area contributed by atoms with E-state index in [2.05, 4.69) is 52.4 Å². The van der Waals surface area contributed by atoms with E-state index in [4.69, 9.17) is 13.9 Å². The minimum atomic E-state index is -0.0526. The van der Waals surface area contributed by atoms with Gasteiger partial charge in [-0.05, 0) is 18.9 Å². The molecule has 0 bridgehead atoms. The molecule has 8 nitrogen and oxygen atoms in total. The van der Waals surface area contributed by atoms with Crippen LogP contribution in [0.3, 0.4) is 0 Å². The molecule has 0 amide bonds. The summed E-state index contributed by atoms with van der Waals surface area (Å²) in [7, 11) is 5.08. The highest BCUT2D eigenvalue weighted by Crippen LogP contribution is 2.31.